The molecule has 2 aliphatic rings. The van der Waals surface area contributed by atoms with E-state index >= 15 is 0 Å². The minimum Gasteiger partial charge on any atom is -0.341 e. The van der Waals surface area contributed by atoms with Gasteiger partial charge in [0.25, 0.3) is 0 Å². The smallest absolute Gasteiger partial charge is 0.318 e. The van der Waals surface area contributed by atoms with Crippen LogP contribution < -0.4 is 10.6 Å². The second kappa shape index (κ2) is 9.06. The number of nitrogens with zero attached hydrogens (tertiary/aromatic N) is 2. The summed E-state index contributed by atoms with van der Waals surface area (Å²) >= 11 is 0. The van der Waals surface area contributed by atoms with Gasteiger partial charge in [0.05, 0.1) is 6.54 Å². The second-order valence-electron chi connectivity index (χ2n) is 6.65. The minimum absolute atomic E-state index is 0. The van der Waals surface area contributed by atoms with Crippen molar-refractivity contribution in [3.63, 3.8) is 0 Å². The molecule has 2 N–H and O–H groups in total. The molecule has 0 bridgehead atoms. The number of nitrogens with one attached hydrogen (secondary N) is 2. The molecule has 0 aliphatic carbocycles. The molecule has 1 saturated heterocycles. The van der Waals surface area contributed by atoms with Gasteiger partial charge in [-0.2, -0.15) is 0 Å². The van der Waals surface area contributed by atoms with Gasteiger partial charge in [-0.25, -0.2) is 4.79 Å². The van der Waals surface area contributed by atoms with Crippen molar-refractivity contribution in [2.24, 2.45) is 5.92 Å². The van der Waals surface area contributed by atoms with Crippen molar-refractivity contribution >= 4 is 24.3 Å². The third-order valence-electron chi connectivity index (χ3n) is 4.94. The number of benzene rings is 1. The van der Waals surface area contributed by atoms with E-state index < -0.39 is 0 Å². The predicted molar refractivity (Wildman–Crippen MR) is 99.8 cm³/mol. The molecule has 1 unspecified atom stereocenters. The SMILES string of the molecule is CNCC1CCN(C(=O)CNC(=O)N2CCc3ccccc3C2)C1.Cl. The van der Waals surface area contributed by atoms with Gasteiger partial charge in [0.1, 0.15) is 0 Å². The quantitative estimate of drug-likeness (QED) is 0.842. The first kappa shape index (κ1) is 19.5. The van der Waals surface area contributed by atoms with Crippen molar-refractivity contribution in [2.45, 2.75) is 19.4 Å². The summed E-state index contributed by atoms with van der Waals surface area (Å²) < 4.78 is 0. The van der Waals surface area contributed by atoms with Crippen molar-refractivity contribution in [1.29, 1.82) is 0 Å². The summed E-state index contributed by atoms with van der Waals surface area (Å²) in [6.45, 7) is 3.91. The van der Waals surface area contributed by atoms with Crippen LogP contribution in [0.25, 0.3) is 0 Å². The van der Waals surface area contributed by atoms with E-state index in [-0.39, 0.29) is 30.9 Å². The number of halogens is 1. The summed E-state index contributed by atoms with van der Waals surface area (Å²) in [7, 11) is 1.93. The summed E-state index contributed by atoms with van der Waals surface area (Å²) in [6.07, 6.45) is 1.90. The third-order valence-corrected chi connectivity index (χ3v) is 4.94. The predicted octanol–water partition coefficient (Wildman–Crippen LogP) is 1.24. The van der Waals surface area contributed by atoms with Crippen LogP contribution in [-0.4, -0.2) is 61.5 Å². The Morgan fingerprint density at radius 2 is 1.92 bits per heavy atom. The van der Waals surface area contributed by atoms with Gasteiger partial charge in [0, 0.05) is 26.2 Å². The number of rotatable bonds is 4. The Kier molecular flexibility index (Phi) is 7.08. The van der Waals surface area contributed by atoms with Crippen LogP contribution in [0.2, 0.25) is 0 Å². The van der Waals surface area contributed by atoms with Crippen LogP contribution in [0.3, 0.4) is 0 Å². The number of likely N-dealkylation sites (tertiary alicyclic amines) is 1. The Bertz CT molecular complexity index is 610. The van der Waals surface area contributed by atoms with Gasteiger partial charge in [-0.15, -0.1) is 12.4 Å². The van der Waals surface area contributed by atoms with Gasteiger partial charge in [-0.05, 0) is 43.5 Å². The summed E-state index contributed by atoms with van der Waals surface area (Å²) in [5.41, 5.74) is 2.50. The highest BCUT2D eigenvalue weighted by Crippen LogP contribution is 2.18. The third kappa shape index (κ3) is 4.86. The van der Waals surface area contributed by atoms with Gasteiger partial charge in [-0.3, -0.25) is 4.79 Å². The van der Waals surface area contributed by atoms with Crippen LogP contribution in [0.15, 0.2) is 24.3 Å². The maximum Gasteiger partial charge on any atom is 0.318 e. The molecule has 1 fully saturated rings. The highest BCUT2D eigenvalue weighted by atomic mass is 35.5. The molecule has 0 radical (unpaired) electrons. The number of carbonyl (C=O) groups excluding carboxylic acids is 2. The average Bonchev–Trinajstić information content (AvgIpc) is 3.08. The van der Waals surface area contributed by atoms with E-state index in [4.69, 9.17) is 0 Å². The maximum absolute atomic E-state index is 12.3. The Hall–Kier alpha value is -1.79. The number of fused-ring (bicyclic) bond motifs is 1. The summed E-state index contributed by atoms with van der Waals surface area (Å²) in [6, 6.07) is 8.06. The molecule has 2 aliphatic heterocycles. The fraction of sp³-hybridized carbons (Fsp3) is 0.556. The van der Waals surface area contributed by atoms with E-state index in [1.165, 1.54) is 11.1 Å². The molecule has 138 valence electrons. The van der Waals surface area contributed by atoms with E-state index in [2.05, 4.69) is 22.8 Å². The zero-order chi connectivity index (χ0) is 16.9. The van der Waals surface area contributed by atoms with E-state index in [0.29, 0.717) is 19.0 Å². The fourth-order valence-corrected chi connectivity index (χ4v) is 3.56. The lowest BCUT2D eigenvalue weighted by Gasteiger charge is -2.29. The molecule has 2 heterocycles. The molecular formula is C18H27ClN4O2. The minimum atomic E-state index is -0.149. The molecule has 25 heavy (non-hydrogen) atoms. The van der Waals surface area contributed by atoms with Gasteiger partial charge in [0.2, 0.25) is 5.91 Å². The van der Waals surface area contributed by atoms with Crippen molar-refractivity contribution < 1.29 is 9.59 Å². The average molecular weight is 367 g/mol. The zero-order valence-electron chi connectivity index (χ0n) is 14.7. The van der Waals surface area contributed by atoms with E-state index in [0.717, 1.165) is 32.5 Å². The molecule has 6 nitrogen and oxygen atoms in total. The summed E-state index contributed by atoms with van der Waals surface area (Å²) in [4.78, 5) is 28.2. The van der Waals surface area contributed by atoms with Crippen molar-refractivity contribution in [2.75, 3.05) is 39.8 Å². The van der Waals surface area contributed by atoms with Crippen LogP contribution in [0.1, 0.15) is 17.5 Å². The van der Waals surface area contributed by atoms with Gasteiger partial charge >= 0.3 is 6.03 Å². The molecule has 1 aromatic carbocycles. The van der Waals surface area contributed by atoms with Crippen LogP contribution in [0.5, 0.6) is 0 Å². The fourth-order valence-electron chi connectivity index (χ4n) is 3.56. The molecule has 0 aromatic heterocycles. The summed E-state index contributed by atoms with van der Waals surface area (Å²) in [5.74, 6) is 0.535. The topological polar surface area (TPSA) is 64.7 Å². The lowest BCUT2D eigenvalue weighted by atomic mass is 10.0. The van der Waals surface area contributed by atoms with Crippen molar-refractivity contribution in [1.82, 2.24) is 20.4 Å². The molecule has 1 atom stereocenters. The highest BCUT2D eigenvalue weighted by Gasteiger charge is 2.26. The molecule has 0 spiro atoms. The van der Waals surface area contributed by atoms with Crippen LogP contribution >= 0.6 is 12.4 Å². The number of hydrogen-bond donors (Lipinski definition) is 2. The van der Waals surface area contributed by atoms with E-state index in [1.807, 2.05) is 24.1 Å². The summed E-state index contributed by atoms with van der Waals surface area (Å²) in [5, 5.41) is 5.94. The first-order valence-corrected chi connectivity index (χ1v) is 8.69. The largest absolute Gasteiger partial charge is 0.341 e. The van der Waals surface area contributed by atoms with Crippen LogP contribution in [-0.2, 0) is 17.8 Å². The van der Waals surface area contributed by atoms with Crippen molar-refractivity contribution in [3.8, 4) is 0 Å². The first-order chi connectivity index (χ1) is 11.7. The van der Waals surface area contributed by atoms with Crippen LogP contribution in [0, 0.1) is 5.92 Å². The molecule has 7 heteroatoms. The number of urea groups is 1. The van der Waals surface area contributed by atoms with Crippen LogP contribution in [0.4, 0.5) is 4.79 Å². The molecular weight excluding hydrogens is 340 g/mol. The second-order valence-corrected chi connectivity index (χ2v) is 6.65. The lowest BCUT2D eigenvalue weighted by Crippen LogP contribution is -2.46. The number of hydrogen-bond acceptors (Lipinski definition) is 3. The Morgan fingerprint density at radius 1 is 1.16 bits per heavy atom. The highest BCUT2D eigenvalue weighted by molar-refractivity contribution is 5.85. The Morgan fingerprint density at radius 3 is 2.68 bits per heavy atom. The van der Waals surface area contributed by atoms with Gasteiger partial charge < -0.3 is 20.4 Å². The van der Waals surface area contributed by atoms with Gasteiger partial charge in [-0.1, -0.05) is 24.3 Å². The van der Waals surface area contributed by atoms with Gasteiger partial charge in [0.15, 0.2) is 0 Å². The van der Waals surface area contributed by atoms with E-state index in [1.54, 1.807) is 4.90 Å². The normalized spacial score (nSPS) is 19.2. The first-order valence-electron chi connectivity index (χ1n) is 8.69. The molecule has 0 saturated carbocycles. The lowest BCUT2D eigenvalue weighted by molar-refractivity contribution is -0.129. The monoisotopic (exact) mass is 366 g/mol. The standard InChI is InChI=1S/C18H26N4O2.ClH/c1-19-10-14-6-8-21(12-14)17(23)11-20-18(24)22-9-7-15-4-2-3-5-16(15)13-22;/h2-5,14,19H,6-13H2,1H3,(H,20,24);1H. The van der Waals surface area contributed by atoms with Crippen molar-refractivity contribution in [3.05, 3.63) is 35.4 Å². The maximum atomic E-state index is 12.3. The molecule has 1 aromatic rings. The molecule has 3 rings (SSSR count). The number of carbonyl (C=O) groups is 2. The number of amides is 3. The Labute approximate surface area is 155 Å². The Balaban J connectivity index is 0.00000225. The van der Waals surface area contributed by atoms with E-state index in [9.17, 15) is 9.59 Å². The zero-order valence-corrected chi connectivity index (χ0v) is 15.5. The molecule has 3 amide bonds.